The van der Waals surface area contributed by atoms with Crippen molar-refractivity contribution in [2.75, 3.05) is 38.2 Å². The van der Waals surface area contributed by atoms with E-state index in [0.29, 0.717) is 12.0 Å². The number of benzene rings is 3. The maximum absolute atomic E-state index is 5.58. The van der Waals surface area contributed by atoms with Gasteiger partial charge in [0, 0.05) is 37.9 Å². The van der Waals surface area contributed by atoms with E-state index in [1.807, 2.05) is 6.07 Å². The molecule has 1 saturated heterocycles. The van der Waals surface area contributed by atoms with E-state index in [1.54, 1.807) is 7.11 Å². The van der Waals surface area contributed by atoms with Crippen LogP contribution in [0.25, 0.3) is 11.1 Å². The van der Waals surface area contributed by atoms with Crippen LogP contribution in [0.15, 0.2) is 78.9 Å². The van der Waals surface area contributed by atoms with Gasteiger partial charge in [-0.15, -0.1) is 0 Å². The Morgan fingerprint density at radius 2 is 1.35 bits per heavy atom. The zero-order valence-corrected chi connectivity index (χ0v) is 21.3. The predicted molar refractivity (Wildman–Crippen MR) is 146 cm³/mol. The SMILES string of the molecule is COc1cccc(/C(=C(/c2ccccc2)C(C)C)c2ccc(N3CCN(C(C)C)CC3)cc2)c1. The summed E-state index contributed by atoms with van der Waals surface area (Å²) in [5.74, 6) is 1.25. The molecule has 0 atom stereocenters. The first-order chi connectivity index (χ1) is 16.5. The van der Waals surface area contributed by atoms with Gasteiger partial charge in [0.2, 0.25) is 0 Å². The summed E-state index contributed by atoms with van der Waals surface area (Å²) in [4.78, 5) is 5.07. The van der Waals surface area contributed by atoms with Gasteiger partial charge in [0.05, 0.1) is 7.11 Å². The van der Waals surface area contributed by atoms with Gasteiger partial charge < -0.3 is 9.64 Å². The van der Waals surface area contributed by atoms with Crippen molar-refractivity contribution >= 4 is 16.8 Å². The molecule has 0 unspecified atom stereocenters. The average Bonchev–Trinajstić information content (AvgIpc) is 2.87. The van der Waals surface area contributed by atoms with E-state index in [0.717, 1.165) is 31.9 Å². The molecule has 0 bridgehead atoms. The van der Waals surface area contributed by atoms with Crippen LogP contribution in [0.1, 0.15) is 44.4 Å². The first-order valence-electron chi connectivity index (χ1n) is 12.5. The Labute approximate surface area is 205 Å². The van der Waals surface area contributed by atoms with Gasteiger partial charge in [-0.2, -0.15) is 0 Å². The highest BCUT2D eigenvalue weighted by Crippen LogP contribution is 2.38. The number of anilines is 1. The van der Waals surface area contributed by atoms with Gasteiger partial charge in [-0.25, -0.2) is 0 Å². The minimum Gasteiger partial charge on any atom is -0.497 e. The lowest BCUT2D eigenvalue weighted by molar-refractivity contribution is 0.209. The Morgan fingerprint density at radius 3 is 1.94 bits per heavy atom. The van der Waals surface area contributed by atoms with E-state index < -0.39 is 0 Å². The van der Waals surface area contributed by atoms with Gasteiger partial charge in [-0.3, -0.25) is 4.90 Å². The first kappa shape index (κ1) is 24.1. The fourth-order valence-electron chi connectivity index (χ4n) is 4.98. The molecule has 0 N–H and O–H groups in total. The molecule has 0 aliphatic carbocycles. The van der Waals surface area contributed by atoms with Crippen LogP contribution in [0.3, 0.4) is 0 Å². The average molecular weight is 455 g/mol. The molecule has 4 rings (SSSR count). The van der Waals surface area contributed by atoms with Crippen LogP contribution in [-0.4, -0.2) is 44.2 Å². The van der Waals surface area contributed by atoms with Gasteiger partial charge in [0.1, 0.15) is 5.75 Å². The molecule has 1 fully saturated rings. The lowest BCUT2D eigenvalue weighted by Gasteiger charge is -2.38. The molecule has 0 radical (unpaired) electrons. The molecule has 3 aromatic rings. The van der Waals surface area contributed by atoms with Crippen molar-refractivity contribution < 1.29 is 4.74 Å². The minimum absolute atomic E-state index is 0.368. The van der Waals surface area contributed by atoms with Crippen molar-refractivity contribution in [3.05, 3.63) is 95.6 Å². The summed E-state index contributed by atoms with van der Waals surface area (Å²) in [6.45, 7) is 13.6. The minimum atomic E-state index is 0.368. The molecule has 0 saturated carbocycles. The predicted octanol–water partition coefficient (Wildman–Crippen LogP) is 6.84. The smallest absolute Gasteiger partial charge is 0.119 e. The van der Waals surface area contributed by atoms with E-state index in [-0.39, 0.29) is 0 Å². The number of allylic oxidation sites excluding steroid dienone is 1. The Hall–Kier alpha value is -3.04. The number of hydrogen-bond acceptors (Lipinski definition) is 3. The third kappa shape index (κ3) is 5.37. The van der Waals surface area contributed by atoms with Gasteiger partial charge >= 0.3 is 0 Å². The highest BCUT2D eigenvalue weighted by Gasteiger charge is 2.20. The third-order valence-electron chi connectivity index (χ3n) is 6.86. The summed E-state index contributed by atoms with van der Waals surface area (Å²) in [5.41, 5.74) is 7.63. The Balaban J connectivity index is 1.75. The second kappa shape index (κ2) is 10.9. The zero-order valence-electron chi connectivity index (χ0n) is 21.3. The molecule has 1 aliphatic heterocycles. The summed E-state index contributed by atoms with van der Waals surface area (Å²) in [6, 6.07) is 29.0. The number of piperazine rings is 1. The lowest BCUT2D eigenvalue weighted by atomic mass is 9.84. The van der Waals surface area contributed by atoms with Crippen LogP contribution in [0.2, 0.25) is 0 Å². The van der Waals surface area contributed by atoms with Gasteiger partial charge in [-0.05, 0) is 71.9 Å². The summed E-state index contributed by atoms with van der Waals surface area (Å²) in [7, 11) is 1.73. The van der Waals surface area contributed by atoms with E-state index in [1.165, 1.54) is 33.5 Å². The van der Waals surface area contributed by atoms with Crippen molar-refractivity contribution in [2.24, 2.45) is 5.92 Å². The standard InChI is InChI=1S/C31H38N2O/c1-23(2)30(25-10-7-6-8-11-25)31(27-12-9-13-29(22-27)34-5)26-14-16-28(17-15-26)33-20-18-32(19-21-33)24(3)4/h6-17,22-24H,18-21H2,1-5H3/b31-30+. The van der Waals surface area contributed by atoms with Crippen molar-refractivity contribution in [2.45, 2.75) is 33.7 Å². The van der Waals surface area contributed by atoms with Crippen LogP contribution in [-0.2, 0) is 0 Å². The van der Waals surface area contributed by atoms with E-state index in [9.17, 15) is 0 Å². The normalized spacial score (nSPS) is 15.6. The Bertz CT molecular complexity index is 1090. The third-order valence-corrected chi connectivity index (χ3v) is 6.86. The molecular weight excluding hydrogens is 416 g/mol. The van der Waals surface area contributed by atoms with E-state index in [2.05, 4.69) is 110 Å². The molecule has 178 valence electrons. The highest BCUT2D eigenvalue weighted by molar-refractivity contribution is 5.99. The van der Waals surface area contributed by atoms with Crippen LogP contribution >= 0.6 is 0 Å². The van der Waals surface area contributed by atoms with Gasteiger partial charge in [0.25, 0.3) is 0 Å². The topological polar surface area (TPSA) is 15.7 Å². The van der Waals surface area contributed by atoms with Gasteiger partial charge in [-0.1, -0.05) is 68.4 Å². The van der Waals surface area contributed by atoms with Crippen molar-refractivity contribution in [3.8, 4) is 5.75 Å². The molecular formula is C31H38N2O. The largest absolute Gasteiger partial charge is 0.497 e. The molecule has 3 heteroatoms. The molecule has 3 nitrogen and oxygen atoms in total. The Morgan fingerprint density at radius 1 is 0.706 bits per heavy atom. The number of ether oxygens (including phenoxy) is 1. The van der Waals surface area contributed by atoms with Crippen LogP contribution in [0.4, 0.5) is 5.69 Å². The first-order valence-corrected chi connectivity index (χ1v) is 12.5. The second-order valence-corrected chi connectivity index (χ2v) is 9.70. The molecule has 34 heavy (non-hydrogen) atoms. The van der Waals surface area contributed by atoms with E-state index in [4.69, 9.17) is 4.74 Å². The summed E-state index contributed by atoms with van der Waals surface area (Å²) >= 11 is 0. The molecule has 0 amide bonds. The van der Waals surface area contributed by atoms with E-state index >= 15 is 0 Å². The summed E-state index contributed by atoms with van der Waals surface area (Å²) in [6.07, 6.45) is 0. The zero-order chi connectivity index (χ0) is 24.1. The maximum Gasteiger partial charge on any atom is 0.119 e. The molecule has 3 aromatic carbocycles. The molecule has 0 spiro atoms. The summed E-state index contributed by atoms with van der Waals surface area (Å²) in [5, 5.41) is 0. The van der Waals surface area contributed by atoms with Crippen molar-refractivity contribution in [1.29, 1.82) is 0 Å². The number of hydrogen-bond donors (Lipinski definition) is 0. The van der Waals surface area contributed by atoms with Crippen LogP contribution in [0.5, 0.6) is 5.75 Å². The molecule has 1 heterocycles. The van der Waals surface area contributed by atoms with Crippen LogP contribution < -0.4 is 9.64 Å². The second-order valence-electron chi connectivity index (χ2n) is 9.70. The van der Waals surface area contributed by atoms with Crippen LogP contribution in [0, 0.1) is 5.92 Å². The molecule has 0 aromatic heterocycles. The molecule has 1 aliphatic rings. The summed E-state index contributed by atoms with van der Waals surface area (Å²) < 4.78 is 5.58. The van der Waals surface area contributed by atoms with Crippen molar-refractivity contribution in [1.82, 2.24) is 4.90 Å². The maximum atomic E-state index is 5.58. The van der Waals surface area contributed by atoms with Crippen molar-refractivity contribution in [3.63, 3.8) is 0 Å². The lowest BCUT2D eigenvalue weighted by Crippen LogP contribution is -2.48. The Kier molecular flexibility index (Phi) is 7.74. The fourth-order valence-corrected chi connectivity index (χ4v) is 4.98. The quantitative estimate of drug-likeness (QED) is 0.364. The number of nitrogens with zero attached hydrogens (tertiary/aromatic N) is 2. The fraction of sp³-hybridized carbons (Fsp3) is 0.355. The monoisotopic (exact) mass is 454 g/mol. The number of rotatable bonds is 7. The van der Waals surface area contributed by atoms with Gasteiger partial charge in [0.15, 0.2) is 0 Å². The highest BCUT2D eigenvalue weighted by atomic mass is 16.5. The number of methoxy groups -OCH3 is 1.